The van der Waals surface area contributed by atoms with Gasteiger partial charge in [-0.15, -0.1) is 10.2 Å². The van der Waals surface area contributed by atoms with Gasteiger partial charge < -0.3 is 15.0 Å². The molecule has 0 unspecified atom stereocenters. The van der Waals surface area contributed by atoms with Crippen LogP contribution >= 0.6 is 22.9 Å². The molecule has 0 radical (unpaired) electrons. The summed E-state index contributed by atoms with van der Waals surface area (Å²) in [5, 5.41) is 10.2. The molecule has 1 amide bonds. The second-order valence-electron chi connectivity index (χ2n) is 4.49. The predicted molar refractivity (Wildman–Crippen MR) is 83.4 cm³/mol. The van der Waals surface area contributed by atoms with Crippen molar-refractivity contribution in [1.82, 2.24) is 15.1 Å². The van der Waals surface area contributed by atoms with Gasteiger partial charge in [0.15, 0.2) is 0 Å². The number of carbonyl (C=O) groups excluding carboxylic acids is 1. The van der Waals surface area contributed by atoms with Crippen LogP contribution < -0.4 is 10.1 Å². The van der Waals surface area contributed by atoms with Crippen molar-refractivity contribution in [3.8, 4) is 5.75 Å². The molecule has 0 saturated carbocycles. The minimum absolute atomic E-state index is 0.228. The number of ether oxygens (including phenoxy) is 1. The molecule has 0 atom stereocenters. The summed E-state index contributed by atoms with van der Waals surface area (Å²) >= 11 is 6.68. The lowest BCUT2D eigenvalue weighted by molar-refractivity contribution is 0.102. The van der Waals surface area contributed by atoms with Crippen molar-refractivity contribution >= 4 is 34.5 Å². The number of nitrogens with zero attached hydrogens (tertiary/aromatic N) is 3. The van der Waals surface area contributed by atoms with Crippen LogP contribution in [0.25, 0.3) is 0 Å². The van der Waals surface area contributed by atoms with E-state index in [4.69, 9.17) is 16.3 Å². The summed E-state index contributed by atoms with van der Waals surface area (Å²) in [4.78, 5) is 13.9. The standard InChI is InChI=1S/C13H15ClN4O2S/c1-18(2)7-8-20-10-5-3-9(4-6-10)15-11(19)12-16-17-13(14)21-12/h3-6H,7-8H2,1-2H3,(H,15,19). The number of aromatic nitrogens is 2. The topological polar surface area (TPSA) is 67.3 Å². The summed E-state index contributed by atoms with van der Waals surface area (Å²) in [7, 11) is 3.98. The highest BCUT2D eigenvalue weighted by atomic mass is 35.5. The van der Waals surface area contributed by atoms with Crippen molar-refractivity contribution in [2.24, 2.45) is 0 Å². The van der Waals surface area contributed by atoms with Gasteiger partial charge in [-0.25, -0.2) is 0 Å². The Balaban J connectivity index is 1.88. The Labute approximate surface area is 131 Å². The Morgan fingerprint density at radius 3 is 2.62 bits per heavy atom. The van der Waals surface area contributed by atoms with E-state index in [1.54, 1.807) is 24.3 Å². The summed E-state index contributed by atoms with van der Waals surface area (Å²) in [5.41, 5.74) is 0.659. The fourth-order valence-corrected chi connectivity index (χ4v) is 2.19. The quantitative estimate of drug-likeness (QED) is 0.882. The van der Waals surface area contributed by atoms with Crippen LogP contribution in [0, 0.1) is 0 Å². The average molecular weight is 327 g/mol. The van der Waals surface area contributed by atoms with Crippen LogP contribution in [0.1, 0.15) is 9.80 Å². The monoisotopic (exact) mass is 326 g/mol. The first-order valence-electron chi connectivity index (χ1n) is 6.22. The van der Waals surface area contributed by atoms with Crippen LogP contribution in [0.4, 0.5) is 5.69 Å². The fourth-order valence-electron chi connectivity index (χ4n) is 1.46. The third-order valence-corrected chi connectivity index (χ3v) is 3.53. The van der Waals surface area contributed by atoms with Gasteiger partial charge in [0.2, 0.25) is 9.47 Å². The maximum atomic E-state index is 11.9. The SMILES string of the molecule is CN(C)CCOc1ccc(NC(=O)c2nnc(Cl)s2)cc1. The number of likely N-dealkylation sites (N-methyl/N-ethyl adjacent to an activating group) is 1. The number of halogens is 1. The van der Waals surface area contributed by atoms with Gasteiger partial charge in [0.25, 0.3) is 5.91 Å². The fraction of sp³-hybridized carbons (Fsp3) is 0.308. The van der Waals surface area contributed by atoms with E-state index < -0.39 is 0 Å². The van der Waals surface area contributed by atoms with E-state index in [1.807, 2.05) is 19.0 Å². The Bertz CT molecular complexity index is 600. The smallest absolute Gasteiger partial charge is 0.286 e. The number of hydrogen-bond acceptors (Lipinski definition) is 6. The molecular formula is C13H15ClN4O2S. The lowest BCUT2D eigenvalue weighted by Crippen LogP contribution is -2.19. The van der Waals surface area contributed by atoms with Crippen molar-refractivity contribution in [3.63, 3.8) is 0 Å². The summed E-state index contributed by atoms with van der Waals surface area (Å²) in [6, 6.07) is 7.15. The molecule has 0 aliphatic rings. The van der Waals surface area contributed by atoms with E-state index in [0.29, 0.717) is 12.3 Å². The molecule has 0 spiro atoms. The van der Waals surface area contributed by atoms with Crippen molar-refractivity contribution in [1.29, 1.82) is 0 Å². The first-order valence-corrected chi connectivity index (χ1v) is 7.42. The second kappa shape index (κ2) is 7.35. The first-order chi connectivity index (χ1) is 10.0. The number of nitrogens with one attached hydrogen (secondary N) is 1. The minimum Gasteiger partial charge on any atom is -0.492 e. The zero-order valence-corrected chi connectivity index (χ0v) is 13.2. The van der Waals surface area contributed by atoms with Gasteiger partial charge >= 0.3 is 0 Å². The first kappa shape index (κ1) is 15.7. The molecule has 0 aliphatic heterocycles. The molecule has 8 heteroatoms. The van der Waals surface area contributed by atoms with Gasteiger partial charge in [-0.2, -0.15) is 0 Å². The Hall–Kier alpha value is -1.70. The molecule has 0 bridgehead atoms. The molecule has 1 N–H and O–H groups in total. The van der Waals surface area contributed by atoms with Crippen LogP contribution in [0.3, 0.4) is 0 Å². The summed E-state index contributed by atoms with van der Waals surface area (Å²) in [6.07, 6.45) is 0. The Morgan fingerprint density at radius 2 is 2.05 bits per heavy atom. The summed E-state index contributed by atoms with van der Waals surface area (Å²) < 4.78 is 5.81. The van der Waals surface area contributed by atoms with E-state index in [9.17, 15) is 4.79 Å². The molecule has 0 saturated heterocycles. The number of hydrogen-bond donors (Lipinski definition) is 1. The molecule has 6 nitrogen and oxygen atoms in total. The molecule has 21 heavy (non-hydrogen) atoms. The van der Waals surface area contributed by atoms with E-state index >= 15 is 0 Å². The van der Waals surface area contributed by atoms with Crippen LogP contribution in [0.5, 0.6) is 5.75 Å². The highest BCUT2D eigenvalue weighted by Gasteiger charge is 2.12. The predicted octanol–water partition coefficient (Wildman–Crippen LogP) is 2.38. The van der Waals surface area contributed by atoms with E-state index in [0.717, 1.165) is 23.6 Å². The third-order valence-electron chi connectivity index (χ3n) is 2.51. The van der Waals surface area contributed by atoms with Crippen molar-refractivity contribution in [2.45, 2.75) is 0 Å². The Kier molecular flexibility index (Phi) is 5.49. The molecule has 0 aliphatic carbocycles. The van der Waals surface area contributed by atoms with Gasteiger partial charge in [0, 0.05) is 12.2 Å². The lowest BCUT2D eigenvalue weighted by Gasteiger charge is -2.11. The van der Waals surface area contributed by atoms with Crippen LogP contribution in [-0.4, -0.2) is 48.3 Å². The highest BCUT2D eigenvalue weighted by molar-refractivity contribution is 7.17. The van der Waals surface area contributed by atoms with E-state index in [-0.39, 0.29) is 15.4 Å². The van der Waals surface area contributed by atoms with E-state index in [2.05, 4.69) is 15.5 Å². The van der Waals surface area contributed by atoms with Crippen LogP contribution in [-0.2, 0) is 0 Å². The normalized spacial score (nSPS) is 10.7. The van der Waals surface area contributed by atoms with Crippen LogP contribution in [0.15, 0.2) is 24.3 Å². The zero-order valence-electron chi connectivity index (χ0n) is 11.7. The summed E-state index contributed by atoms with van der Waals surface area (Å²) in [6.45, 7) is 1.46. The van der Waals surface area contributed by atoms with E-state index in [1.165, 1.54) is 0 Å². The van der Waals surface area contributed by atoms with Crippen molar-refractivity contribution in [2.75, 3.05) is 32.6 Å². The maximum absolute atomic E-state index is 11.9. The van der Waals surface area contributed by atoms with Gasteiger partial charge in [0.05, 0.1) is 0 Å². The number of amides is 1. The number of benzene rings is 1. The largest absolute Gasteiger partial charge is 0.492 e. The molecule has 1 aromatic heterocycles. The van der Waals surface area contributed by atoms with Gasteiger partial charge in [-0.3, -0.25) is 4.79 Å². The van der Waals surface area contributed by atoms with Gasteiger partial charge in [-0.1, -0.05) is 11.3 Å². The van der Waals surface area contributed by atoms with Gasteiger partial charge in [0.1, 0.15) is 12.4 Å². The summed E-state index contributed by atoms with van der Waals surface area (Å²) in [5.74, 6) is 0.425. The molecule has 2 aromatic rings. The third kappa shape index (κ3) is 4.96. The molecule has 112 valence electrons. The zero-order chi connectivity index (χ0) is 15.2. The van der Waals surface area contributed by atoms with Gasteiger partial charge in [-0.05, 0) is 50.0 Å². The number of carbonyl (C=O) groups is 1. The Morgan fingerprint density at radius 1 is 1.33 bits per heavy atom. The minimum atomic E-state index is -0.333. The lowest BCUT2D eigenvalue weighted by atomic mass is 10.3. The second-order valence-corrected chi connectivity index (χ2v) is 6.05. The average Bonchev–Trinajstić information content (AvgIpc) is 2.87. The van der Waals surface area contributed by atoms with Crippen molar-refractivity contribution < 1.29 is 9.53 Å². The number of anilines is 1. The van der Waals surface area contributed by atoms with Crippen LogP contribution in [0.2, 0.25) is 4.47 Å². The molecule has 0 fully saturated rings. The molecule has 1 aromatic carbocycles. The molecule has 1 heterocycles. The maximum Gasteiger partial charge on any atom is 0.286 e. The molecule has 2 rings (SSSR count). The number of rotatable bonds is 6. The highest BCUT2D eigenvalue weighted by Crippen LogP contribution is 2.19. The molecular weight excluding hydrogens is 312 g/mol. The van der Waals surface area contributed by atoms with Crippen molar-refractivity contribution in [3.05, 3.63) is 33.7 Å².